The molecule has 0 aliphatic heterocycles. The minimum atomic E-state index is -4.76. The highest BCUT2D eigenvalue weighted by atomic mass is 19.4. The molecule has 0 aliphatic rings. The van der Waals surface area contributed by atoms with Gasteiger partial charge < -0.3 is 10.5 Å². The maximum absolute atomic E-state index is 13.1. The van der Waals surface area contributed by atoms with Gasteiger partial charge in [0.25, 0.3) is 0 Å². The third-order valence-electron chi connectivity index (χ3n) is 2.49. The van der Waals surface area contributed by atoms with Crippen LogP contribution in [0.3, 0.4) is 0 Å². The lowest BCUT2D eigenvalue weighted by Crippen LogP contribution is -2.08. The molecule has 0 saturated carbocycles. The minimum Gasteiger partial charge on any atom is -0.489 e. The van der Waals surface area contributed by atoms with Crippen molar-refractivity contribution >= 4 is 5.82 Å². The van der Waals surface area contributed by atoms with Gasteiger partial charge in [0.2, 0.25) is 0 Å². The number of pyridine rings is 1. The topological polar surface area (TPSA) is 48.1 Å². The Morgan fingerprint density at radius 3 is 2.55 bits per heavy atom. The second-order valence-corrected chi connectivity index (χ2v) is 4.02. The van der Waals surface area contributed by atoms with E-state index in [-0.39, 0.29) is 18.2 Å². The molecule has 1 heterocycles. The standard InChI is InChI=1S/C13H10F4N2O/c14-11-2-1-9(6-10(11)13(15,16)17)20-7-8-3-4-19-12(18)5-8/h1-6H,7H2,(H2,18,19). The molecule has 0 fully saturated rings. The third-order valence-corrected chi connectivity index (χ3v) is 2.49. The van der Waals surface area contributed by atoms with E-state index >= 15 is 0 Å². The number of aromatic nitrogens is 1. The fourth-order valence-electron chi connectivity index (χ4n) is 1.56. The number of nitrogen functional groups attached to an aromatic ring is 1. The zero-order chi connectivity index (χ0) is 14.8. The molecular formula is C13H10F4N2O. The Hall–Kier alpha value is -2.31. The van der Waals surface area contributed by atoms with E-state index < -0.39 is 17.6 Å². The number of alkyl halides is 3. The van der Waals surface area contributed by atoms with Crippen LogP contribution >= 0.6 is 0 Å². The normalized spacial score (nSPS) is 11.4. The summed E-state index contributed by atoms with van der Waals surface area (Å²) in [6.45, 7) is 0.00957. The van der Waals surface area contributed by atoms with Crippen molar-refractivity contribution in [3.05, 3.63) is 53.5 Å². The summed E-state index contributed by atoms with van der Waals surface area (Å²) in [5.41, 5.74) is 4.75. The van der Waals surface area contributed by atoms with Gasteiger partial charge in [-0.3, -0.25) is 0 Å². The maximum Gasteiger partial charge on any atom is 0.419 e. The molecule has 20 heavy (non-hydrogen) atoms. The van der Waals surface area contributed by atoms with Crippen molar-refractivity contribution in [1.29, 1.82) is 0 Å². The summed E-state index contributed by atoms with van der Waals surface area (Å²) in [4.78, 5) is 3.78. The Balaban J connectivity index is 2.14. The first-order valence-electron chi connectivity index (χ1n) is 5.56. The molecule has 106 valence electrons. The Bertz CT molecular complexity index is 614. The first kappa shape index (κ1) is 14.1. The number of halogens is 4. The largest absolute Gasteiger partial charge is 0.489 e. The van der Waals surface area contributed by atoms with Gasteiger partial charge in [-0.15, -0.1) is 0 Å². The third kappa shape index (κ3) is 3.37. The average molecular weight is 286 g/mol. The monoisotopic (exact) mass is 286 g/mol. The van der Waals surface area contributed by atoms with Crippen LogP contribution in [0.25, 0.3) is 0 Å². The molecule has 0 aliphatic carbocycles. The van der Waals surface area contributed by atoms with Crippen molar-refractivity contribution in [1.82, 2.24) is 4.98 Å². The Labute approximate surface area is 112 Å². The molecule has 1 aromatic carbocycles. The molecular weight excluding hydrogens is 276 g/mol. The van der Waals surface area contributed by atoms with Gasteiger partial charge in [-0.05, 0) is 35.9 Å². The van der Waals surface area contributed by atoms with Crippen LogP contribution in [0.15, 0.2) is 36.5 Å². The quantitative estimate of drug-likeness (QED) is 0.880. The number of nitrogens with zero attached hydrogens (tertiary/aromatic N) is 1. The lowest BCUT2D eigenvalue weighted by atomic mass is 10.2. The van der Waals surface area contributed by atoms with Gasteiger partial charge in [-0.1, -0.05) is 0 Å². The van der Waals surface area contributed by atoms with Crippen LogP contribution in [0.4, 0.5) is 23.4 Å². The van der Waals surface area contributed by atoms with Crippen molar-refractivity contribution in [2.75, 3.05) is 5.73 Å². The lowest BCUT2D eigenvalue weighted by molar-refractivity contribution is -0.140. The molecule has 0 bridgehead atoms. The highest BCUT2D eigenvalue weighted by Crippen LogP contribution is 2.33. The molecule has 0 amide bonds. The van der Waals surface area contributed by atoms with Gasteiger partial charge in [0.05, 0.1) is 5.56 Å². The van der Waals surface area contributed by atoms with E-state index in [1.165, 1.54) is 12.3 Å². The molecule has 2 aromatic rings. The molecule has 2 N–H and O–H groups in total. The molecule has 1 aromatic heterocycles. The van der Waals surface area contributed by atoms with Gasteiger partial charge in [0.15, 0.2) is 0 Å². The zero-order valence-corrected chi connectivity index (χ0v) is 10.1. The van der Waals surface area contributed by atoms with Crippen LogP contribution in [-0.2, 0) is 12.8 Å². The fraction of sp³-hybridized carbons (Fsp3) is 0.154. The van der Waals surface area contributed by atoms with Crippen molar-refractivity contribution in [2.45, 2.75) is 12.8 Å². The first-order valence-corrected chi connectivity index (χ1v) is 5.56. The highest BCUT2D eigenvalue weighted by Gasteiger charge is 2.34. The van der Waals surface area contributed by atoms with Gasteiger partial charge in [-0.25, -0.2) is 9.37 Å². The summed E-state index contributed by atoms with van der Waals surface area (Å²) in [5, 5.41) is 0. The number of benzene rings is 1. The minimum absolute atomic E-state index is 0.00957. The number of anilines is 1. The van der Waals surface area contributed by atoms with Gasteiger partial charge in [0, 0.05) is 6.20 Å². The predicted molar refractivity (Wildman–Crippen MR) is 64.4 cm³/mol. The second kappa shape index (κ2) is 5.36. The number of rotatable bonds is 3. The number of hydrogen-bond acceptors (Lipinski definition) is 3. The van der Waals surface area contributed by atoms with Crippen LogP contribution < -0.4 is 10.5 Å². The van der Waals surface area contributed by atoms with Crippen molar-refractivity contribution < 1.29 is 22.3 Å². The summed E-state index contributed by atoms with van der Waals surface area (Å²) in [6, 6.07) is 5.63. The lowest BCUT2D eigenvalue weighted by Gasteiger charge is -2.11. The van der Waals surface area contributed by atoms with E-state index in [1.54, 1.807) is 6.07 Å². The molecule has 7 heteroatoms. The number of hydrogen-bond donors (Lipinski definition) is 1. The molecule has 3 nitrogen and oxygen atoms in total. The molecule has 2 rings (SSSR count). The zero-order valence-electron chi connectivity index (χ0n) is 10.1. The number of ether oxygens (including phenoxy) is 1. The van der Waals surface area contributed by atoms with Crippen LogP contribution in [0.1, 0.15) is 11.1 Å². The van der Waals surface area contributed by atoms with Crippen LogP contribution in [0.5, 0.6) is 5.75 Å². The summed E-state index contributed by atoms with van der Waals surface area (Å²) < 4.78 is 55.8. The van der Waals surface area contributed by atoms with Gasteiger partial charge in [-0.2, -0.15) is 13.2 Å². The SMILES string of the molecule is Nc1cc(COc2ccc(F)c(C(F)(F)F)c2)ccn1. The average Bonchev–Trinajstić information content (AvgIpc) is 2.36. The Morgan fingerprint density at radius 2 is 1.90 bits per heavy atom. The molecule has 0 atom stereocenters. The molecule has 0 unspecified atom stereocenters. The Kier molecular flexibility index (Phi) is 3.78. The highest BCUT2D eigenvalue weighted by molar-refractivity contribution is 5.34. The van der Waals surface area contributed by atoms with E-state index in [0.29, 0.717) is 11.6 Å². The Morgan fingerprint density at radius 1 is 1.15 bits per heavy atom. The molecule has 0 radical (unpaired) electrons. The summed E-state index contributed by atoms with van der Waals surface area (Å²) in [7, 11) is 0. The van der Waals surface area contributed by atoms with E-state index in [9.17, 15) is 17.6 Å². The van der Waals surface area contributed by atoms with E-state index in [0.717, 1.165) is 12.1 Å². The summed E-state index contributed by atoms with van der Waals surface area (Å²) in [6.07, 6.45) is -3.30. The summed E-state index contributed by atoms with van der Waals surface area (Å²) in [5.74, 6) is -1.13. The predicted octanol–water partition coefficient (Wildman–Crippen LogP) is 3.40. The maximum atomic E-state index is 13.1. The van der Waals surface area contributed by atoms with Crippen molar-refractivity contribution in [3.8, 4) is 5.75 Å². The van der Waals surface area contributed by atoms with Gasteiger partial charge in [0.1, 0.15) is 24.0 Å². The summed E-state index contributed by atoms with van der Waals surface area (Å²) >= 11 is 0. The smallest absolute Gasteiger partial charge is 0.419 e. The first-order chi connectivity index (χ1) is 9.36. The fourth-order valence-corrected chi connectivity index (χ4v) is 1.56. The van der Waals surface area contributed by atoms with Gasteiger partial charge >= 0.3 is 6.18 Å². The molecule has 0 saturated heterocycles. The van der Waals surface area contributed by atoms with E-state index in [4.69, 9.17) is 10.5 Å². The van der Waals surface area contributed by atoms with Crippen LogP contribution in [0, 0.1) is 5.82 Å². The molecule has 0 spiro atoms. The van der Waals surface area contributed by atoms with Crippen LogP contribution in [0.2, 0.25) is 0 Å². The van der Waals surface area contributed by atoms with E-state index in [2.05, 4.69) is 4.98 Å². The van der Waals surface area contributed by atoms with E-state index in [1.807, 2.05) is 0 Å². The second-order valence-electron chi connectivity index (χ2n) is 4.02. The van der Waals surface area contributed by atoms with Crippen molar-refractivity contribution in [2.24, 2.45) is 0 Å². The number of nitrogens with two attached hydrogens (primary N) is 1. The van der Waals surface area contributed by atoms with Crippen LogP contribution in [-0.4, -0.2) is 4.98 Å². The van der Waals surface area contributed by atoms with Crippen molar-refractivity contribution in [3.63, 3.8) is 0 Å².